The number of nitrogens with two attached hydrogens (primary N) is 1. The van der Waals surface area contributed by atoms with E-state index in [1.54, 1.807) is 37.4 Å². The van der Waals surface area contributed by atoms with Gasteiger partial charge in [0.1, 0.15) is 23.7 Å². The van der Waals surface area contributed by atoms with Gasteiger partial charge in [0.05, 0.1) is 29.4 Å². The van der Waals surface area contributed by atoms with Crippen molar-refractivity contribution < 1.29 is 18.0 Å². The second-order valence-electron chi connectivity index (χ2n) is 8.07. The lowest BCUT2D eigenvalue weighted by Gasteiger charge is -2.25. The summed E-state index contributed by atoms with van der Waals surface area (Å²) in [6.07, 6.45) is -2.79. The summed E-state index contributed by atoms with van der Waals surface area (Å²) in [7, 11) is 1.50. The van der Waals surface area contributed by atoms with E-state index < -0.39 is 18.0 Å². The number of nitrogens with zero attached hydrogens (tertiary/aromatic N) is 5. The van der Waals surface area contributed by atoms with Gasteiger partial charge in [-0.05, 0) is 24.6 Å². The summed E-state index contributed by atoms with van der Waals surface area (Å²) in [4.78, 5) is 30.0. The van der Waals surface area contributed by atoms with E-state index in [0.29, 0.717) is 22.0 Å². The van der Waals surface area contributed by atoms with Crippen LogP contribution in [-0.2, 0) is 10.2 Å². The third-order valence-corrected chi connectivity index (χ3v) is 6.05. The Morgan fingerprint density at radius 3 is 2.71 bits per heavy atom. The Morgan fingerprint density at radius 1 is 1.34 bits per heavy atom. The Hall–Kier alpha value is -3.51. The number of hydrogen-bond donors (Lipinski definition) is 3. The minimum absolute atomic E-state index is 0.107. The first kappa shape index (κ1) is 24.6. The lowest BCUT2D eigenvalue weighted by Crippen LogP contribution is -2.39. The zero-order valence-electron chi connectivity index (χ0n) is 18.8. The van der Waals surface area contributed by atoms with Crippen molar-refractivity contribution in [2.75, 3.05) is 13.7 Å². The Labute approximate surface area is 204 Å². The number of allylic oxidation sites excluding steroid dienone is 1. The summed E-state index contributed by atoms with van der Waals surface area (Å²) < 4.78 is 38.4. The van der Waals surface area contributed by atoms with Gasteiger partial charge in [-0.25, -0.2) is 20.4 Å². The molecule has 1 aromatic rings. The summed E-state index contributed by atoms with van der Waals surface area (Å²) >= 11 is 6.01. The molecule has 3 heterocycles. The number of hydrazine groups is 1. The van der Waals surface area contributed by atoms with Crippen molar-refractivity contribution in [3.05, 3.63) is 58.1 Å². The smallest absolute Gasteiger partial charge is 0.384 e. The van der Waals surface area contributed by atoms with Crippen LogP contribution >= 0.6 is 11.6 Å². The quantitative estimate of drug-likeness (QED) is 0.406. The van der Waals surface area contributed by atoms with Crippen LogP contribution in [0.2, 0.25) is 5.02 Å². The zero-order valence-corrected chi connectivity index (χ0v) is 19.6. The molecule has 0 saturated carbocycles. The van der Waals surface area contributed by atoms with E-state index in [2.05, 4.69) is 30.7 Å². The van der Waals surface area contributed by atoms with E-state index in [4.69, 9.17) is 17.3 Å². The van der Waals surface area contributed by atoms with Crippen molar-refractivity contribution in [2.45, 2.75) is 31.4 Å². The molecular weight excluding hydrogens is 485 g/mol. The number of rotatable bonds is 6. The average molecular weight is 507 g/mol. The molecule has 1 aromatic carbocycles. The highest BCUT2D eigenvalue weighted by atomic mass is 35.5. The number of amides is 1. The highest BCUT2D eigenvalue weighted by Crippen LogP contribution is 2.39. The molecule has 3 aliphatic heterocycles. The van der Waals surface area contributed by atoms with Crippen molar-refractivity contribution >= 4 is 41.1 Å². The van der Waals surface area contributed by atoms with E-state index in [-0.39, 0.29) is 42.1 Å². The van der Waals surface area contributed by atoms with Gasteiger partial charge in [0.2, 0.25) is 5.91 Å². The van der Waals surface area contributed by atoms with Crippen LogP contribution in [0.5, 0.6) is 0 Å². The summed E-state index contributed by atoms with van der Waals surface area (Å²) in [6, 6.07) is 6.77. The van der Waals surface area contributed by atoms with Crippen LogP contribution in [0.4, 0.5) is 13.2 Å². The van der Waals surface area contributed by atoms with Crippen molar-refractivity contribution in [1.29, 1.82) is 0 Å². The number of aliphatic imine (C=N–C) groups is 4. The molecule has 0 radical (unpaired) electrons. The van der Waals surface area contributed by atoms with Crippen molar-refractivity contribution in [3.8, 4) is 0 Å². The van der Waals surface area contributed by atoms with Crippen molar-refractivity contribution in [2.24, 2.45) is 25.7 Å². The van der Waals surface area contributed by atoms with Crippen LogP contribution in [0.15, 0.2) is 67.5 Å². The van der Waals surface area contributed by atoms with Crippen LogP contribution < -0.4 is 16.5 Å². The largest absolute Gasteiger partial charge is 0.389 e. The second-order valence-corrected chi connectivity index (χ2v) is 8.51. The number of benzene rings is 1. The van der Waals surface area contributed by atoms with Gasteiger partial charge < -0.3 is 11.1 Å². The Bertz CT molecular complexity index is 1230. The topological polar surface area (TPSA) is 120 Å². The minimum atomic E-state index is -4.33. The number of halogens is 4. The van der Waals surface area contributed by atoms with E-state index in [9.17, 15) is 18.0 Å². The molecule has 184 valence electrons. The minimum Gasteiger partial charge on any atom is -0.384 e. The predicted molar refractivity (Wildman–Crippen MR) is 128 cm³/mol. The molecule has 0 aliphatic carbocycles. The fraction of sp³-hybridized carbons (Fsp3) is 0.318. The molecule has 1 atom stereocenters. The van der Waals surface area contributed by atoms with Crippen molar-refractivity contribution in [3.63, 3.8) is 0 Å². The molecule has 0 spiro atoms. The van der Waals surface area contributed by atoms with Gasteiger partial charge in [-0.15, -0.1) is 0 Å². The summed E-state index contributed by atoms with van der Waals surface area (Å²) in [5.41, 5.74) is 9.35. The first-order chi connectivity index (χ1) is 16.5. The van der Waals surface area contributed by atoms with Crippen LogP contribution in [0.3, 0.4) is 0 Å². The molecule has 13 heteroatoms. The number of carbonyl (C=O) groups is 1. The lowest BCUT2D eigenvalue weighted by molar-refractivity contribution is -0.132. The number of fused-ring (bicyclic) bond motifs is 1. The molecule has 4 rings (SSSR count). The maximum absolute atomic E-state index is 13.1. The van der Waals surface area contributed by atoms with Crippen LogP contribution in [-0.4, -0.2) is 54.4 Å². The Kier molecular flexibility index (Phi) is 6.52. The van der Waals surface area contributed by atoms with Crippen LogP contribution in [0.25, 0.3) is 0 Å². The summed E-state index contributed by atoms with van der Waals surface area (Å²) in [5.74, 6) is 0.238. The van der Waals surface area contributed by atoms with Gasteiger partial charge in [0.25, 0.3) is 0 Å². The van der Waals surface area contributed by atoms with Crippen LogP contribution in [0.1, 0.15) is 25.3 Å². The highest BCUT2D eigenvalue weighted by Gasteiger charge is 2.48. The monoisotopic (exact) mass is 506 g/mol. The average Bonchev–Trinajstić information content (AvgIpc) is 3.38. The fourth-order valence-corrected chi connectivity index (χ4v) is 4.08. The Balaban J connectivity index is 1.70. The first-order valence-corrected chi connectivity index (χ1v) is 10.9. The highest BCUT2D eigenvalue weighted by molar-refractivity contribution is 6.42. The fourth-order valence-electron chi connectivity index (χ4n) is 3.95. The van der Waals surface area contributed by atoms with E-state index in [1.165, 1.54) is 18.3 Å². The molecule has 0 bridgehead atoms. The maximum Gasteiger partial charge on any atom is 0.389 e. The molecular formula is C22H22ClF3N8O. The summed E-state index contributed by atoms with van der Waals surface area (Å²) in [5, 5.41) is 4.75. The molecule has 0 saturated heterocycles. The van der Waals surface area contributed by atoms with Gasteiger partial charge >= 0.3 is 6.18 Å². The molecule has 9 nitrogen and oxygen atoms in total. The predicted octanol–water partition coefficient (Wildman–Crippen LogP) is 2.81. The molecule has 3 aliphatic rings. The number of amidine groups is 2. The number of nitrogens with one attached hydrogen (secondary N) is 2. The van der Waals surface area contributed by atoms with Crippen molar-refractivity contribution in [1.82, 2.24) is 15.8 Å². The van der Waals surface area contributed by atoms with Crippen LogP contribution in [0, 0.1) is 0 Å². The lowest BCUT2D eigenvalue weighted by atomic mass is 9.76. The molecule has 1 unspecified atom stereocenters. The standard InChI is InChI=1S/C22H22ClF3N8O/c1-21(12-3-5-13(23)6-4-12)16(17(27)28-2)18(33-20(21)35)29-9-14-10-34-19(30-11-31-34)15(32-14)7-8-22(24,25)26/h3-6,9-10,31H,7-8,11H2,1-2H3,(H2,27,28)(H,33,35). The molecule has 0 aromatic heterocycles. The van der Waals surface area contributed by atoms with E-state index in [0.717, 1.165) is 0 Å². The van der Waals surface area contributed by atoms with Gasteiger partial charge in [-0.2, -0.15) is 13.2 Å². The van der Waals surface area contributed by atoms with Gasteiger partial charge in [0, 0.05) is 24.9 Å². The zero-order chi connectivity index (χ0) is 25.4. The third kappa shape index (κ3) is 4.84. The molecule has 0 fully saturated rings. The van der Waals surface area contributed by atoms with Gasteiger partial charge in [-0.3, -0.25) is 14.8 Å². The maximum atomic E-state index is 13.1. The second kappa shape index (κ2) is 9.27. The van der Waals surface area contributed by atoms with Gasteiger partial charge in [0.15, 0.2) is 5.84 Å². The number of alkyl halides is 3. The normalized spacial score (nSPS) is 22.9. The molecule has 4 N–H and O–H groups in total. The third-order valence-electron chi connectivity index (χ3n) is 5.79. The Morgan fingerprint density at radius 2 is 2.06 bits per heavy atom. The SMILES string of the molecule is CN=C(N)C1=C(N=CC2=CN3NCN=C3C(CCC(F)(F)F)=N2)NC(=O)C1(C)c1ccc(Cl)cc1. The summed E-state index contributed by atoms with van der Waals surface area (Å²) in [6.45, 7) is 1.92. The number of carbonyl (C=O) groups excluding carboxylic acids is 1. The molecule has 1 amide bonds. The van der Waals surface area contributed by atoms with E-state index >= 15 is 0 Å². The number of hydrogen-bond acceptors (Lipinski definition) is 7. The molecule has 35 heavy (non-hydrogen) atoms. The van der Waals surface area contributed by atoms with Gasteiger partial charge in [-0.1, -0.05) is 23.7 Å². The van der Waals surface area contributed by atoms with E-state index in [1.807, 2.05) is 0 Å². The first-order valence-electron chi connectivity index (χ1n) is 10.6.